The van der Waals surface area contributed by atoms with Crippen molar-refractivity contribution < 1.29 is 4.79 Å². The number of amides is 1. The van der Waals surface area contributed by atoms with Crippen LogP contribution in [0.1, 0.15) is 24.8 Å². The van der Waals surface area contributed by atoms with Crippen LogP contribution in [0.25, 0.3) is 0 Å². The number of hydrogen-bond donors (Lipinski definition) is 2. The smallest absolute Gasteiger partial charge is 0.221 e. The third-order valence-corrected chi connectivity index (χ3v) is 4.20. The summed E-state index contributed by atoms with van der Waals surface area (Å²) < 4.78 is 0. The molecule has 1 unspecified atom stereocenters. The van der Waals surface area contributed by atoms with Crippen molar-refractivity contribution in [2.24, 2.45) is 0 Å². The highest BCUT2D eigenvalue weighted by molar-refractivity contribution is 6.42. The molecule has 0 saturated carbocycles. The summed E-state index contributed by atoms with van der Waals surface area (Å²) in [7, 11) is 0. The van der Waals surface area contributed by atoms with Crippen LogP contribution in [-0.4, -0.2) is 25.0 Å². The summed E-state index contributed by atoms with van der Waals surface area (Å²) in [5.41, 5.74) is 0.966. The first kappa shape index (κ1) is 14.6. The van der Waals surface area contributed by atoms with Crippen LogP contribution >= 0.6 is 23.2 Å². The average Bonchev–Trinajstić information content (AvgIpc) is 2.87. The van der Waals surface area contributed by atoms with Gasteiger partial charge in [-0.3, -0.25) is 4.79 Å². The minimum absolute atomic E-state index is 0.0950. The van der Waals surface area contributed by atoms with Gasteiger partial charge in [0.25, 0.3) is 0 Å². The summed E-state index contributed by atoms with van der Waals surface area (Å²) in [6, 6.07) is 5.90. The first-order valence-electron chi connectivity index (χ1n) is 6.60. The molecule has 0 bridgehead atoms. The van der Waals surface area contributed by atoms with E-state index in [0.717, 1.165) is 24.9 Å². The predicted octanol–water partition coefficient (Wildman–Crippen LogP) is 2.79. The number of halogens is 2. The second kappa shape index (κ2) is 7.13. The lowest BCUT2D eigenvalue weighted by Crippen LogP contribution is -2.32. The molecule has 2 rings (SSSR count). The summed E-state index contributed by atoms with van der Waals surface area (Å²) in [5, 5.41) is 7.37. The second-order valence-corrected chi connectivity index (χ2v) is 5.60. The van der Waals surface area contributed by atoms with E-state index in [9.17, 15) is 4.79 Å². The van der Waals surface area contributed by atoms with Gasteiger partial charge in [-0.2, -0.15) is 0 Å². The van der Waals surface area contributed by atoms with Crippen molar-refractivity contribution in [3.63, 3.8) is 0 Å². The fourth-order valence-electron chi connectivity index (χ4n) is 2.31. The molecule has 1 aromatic carbocycles. The van der Waals surface area contributed by atoms with Gasteiger partial charge in [0.1, 0.15) is 0 Å². The van der Waals surface area contributed by atoms with Crippen LogP contribution in [0.2, 0.25) is 10.0 Å². The van der Waals surface area contributed by atoms with E-state index in [2.05, 4.69) is 10.6 Å². The second-order valence-electron chi connectivity index (χ2n) is 4.81. The van der Waals surface area contributed by atoms with Crippen LogP contribution in [0.15, 0.2) is 18.2 Å². The van der Waals surface area contributed by atoms with Crippen LogP contribution in [0.5, 0.6) is 0 Å². The minimum atomic E-state index is 0.0950. The number of hydrogen-bond acceptors (Lipinski definition) is 2. The van der Waals surface area contributed by atoms with Gasteiger partial charge in [-0.25, -0.2) is 0 Å². The molecule has 2 N–H and O–H groups in total. The van der Waals surface area contributed by atoms with Crippen LogP contribution in [-0.2, 0) is 11.2 Å². The molecule has 1 amide bonds. The van der Waals surface area contributed by atoms with E-state index in [0.29, 0.717) is 35.5 Å². The number of carbonyl (C=O) groups is 1. The Hall–Kier alpha value is -0.770. The van der Waals surface area contributed by atoms with E-state index in [1.807, 2.05) is 12.1 Å². The van der Waals surface area contributed by atoms with Crippen molar-refractivity contribution in [1.29, 1.82) is 0 Å². The molecule has 0 spiro atoms. The largest absolute Gasteiger partial charge is 0.356 e. The van der Waals surface area contributed by atoms with Crippen molar-refractivity contribution in [2.45, 2.75) is 31.7 Å². The molecule has 0 aliphatic carbocycles. The van der Waals surface area contributed by atoms with E-state index in [1.54, 1.807) is 6.07 Å². The molecule has 19 heavy (non-hydrogen) atoms. The molecule has 1 aliphatic heterocycles. The Kier molecular flexibility index (Phi) is 5.49. The van der Waals surface area contributed by atoms with Crippen molar-refractivity contribution in [1.82, 2.24) is 10.6 Å². The van der Waals surface area contributed by atoms with Crippen molar-refractivity contribution in [3.05, 3.63) is 33.8 Å². The normalized spacial score (nSPS) is 18.5. The van der Waals surface area contributed by atoms with Crippen molar-refractivity contribution in [2.75, 3.05) is 13.1 Å². The molecule has 0 radical (unpaired) electrons. The Morgan fingerprint density at radius 2 is 2.26 bits per heavy atom. The molecule has 5 heteroatoms. The van der Waals surface area contributed by atoms with Crippen LogP contribution < -0.4 is 10.6 Å². The number of benzene rings is 1. The van der Waals surface area contributed by atoms with E-state index >= 15 is 0 Å². The lowest BCUT2D eigenvalue weighted by molar-refractivity contribution is -0.121. The van der Waals surface area contributed by atoms with Gasteiger partial charge in [-0.05, 0) is 37.4 Å². The van der Waals surface area contributed by atoms with Gasteiger partial charge in [0.05, 0.1) is 10.0 Å². The zero-order valence-corrected chi connectivity index (χ0v) is 12.2. The molecule has 1 atom stereocenters. The third kappa shape index (κ3) is 4.37. The van der Waals surface area contributed by atoms with E-state index < -0.39 is 0 Å². The standard InChI is InChI=1S/C14H18Cl2N2O/c15-12-5-1-3-10(14(12)16)6-8-18-13(19)9-11-4-2-7-17-11/h1,3,5,11,17H,2,4,6-9H2,(H,18,19). The number of rotatable bonds is 5. The van der Waals surface area contributed by atoms with Gasteiger partial charge >= 0.3 is 0 Å². The summed E-state index contributed by atoms with van der Waals surface area (Å²) in [6.45, 7) is 1.61. The predicted molar refractivity (Wildman–Crippen MR) is 78.8 cm³/mol. The molecular formula is C14H18Cl2N2O. The van der Waals surface area contributed by atoms with Gasteiger partial charge in [-0.15, -0.1) is 0 Å². The topological polar surface area (TPSA) is 41.1 Å². The molecule has 1 aliphatic rings. The molecule has 1 fully saturated rings. The third-order valence-electron chi connectivity index (χ3n) is 3.34. The molecule has 3 nitrogen and oxygen atoms in total. The minimum Gasteiger partial charge on any atom is -0.356 e. The van der Waals surface area contributed by atoms with E-state index in [-0.39, 0.29) is 5.91 Å². The SMILES string of the molecule is O=C(CC1CCCN1)NCCc1cccc(Cl)c1Cl. The first-order chi connectivity index (χ1) is 9.16. The van der Waals surface area contributed by atoms with Crippen LogP contribution in [0.4, 0.5) is 0 Å². The maximum absolute atomic E-state index is 11.7. The van der Waals surface area contributed by atoms with Crippen LogP contribution in [0, 0.1) is 0 Å². The highest BCUT2D eigenvalue weighted by Crippen LogP contribution is 2.25. The Bertz CT molecular complexity index is 445. The molecule has 0 aromatic heterocycles. The number of carbonyl (C=O) groups excluding carboxylic acids is 1. The zero-order chi connectivity index (χ0) is 13.7. The maximum atomic E-state index is 11.7. The quantitative estimate of drug-likeness (QED) is 0.878. The Labute approximate surface area is 123 Å². The van der Waals surface area contributed by atoms with Gasteiger partial charge < -0.3 is 10.6 Å². The molecule has 1 saturated heterocycles. The fourth-order valence-corrected chi connectivity index (χ4v) is 2.72. The first-order valence-corrected chi connectivity index (χ1v) is 7.35. The molecule has 104 valence electrons. The fraction of sp³-hybridized carbons (Fsp3) is 0.500. The van der Waals surface area contributed by atoms with Crippen molar-refractivity contribution >= 4 is 29.1 Å². The maximum Gasteiger partial charge on any atom is 0.221 e. The van der Waals surface area contributed by atoms with E-state index in [4.69, 9.17) is 23.2 Å². The van der Waals surface area contributed by atoms with Gasteiger partial charge in [-0.1, -0.05) is 35.3 Å². The monoisotopic (exact) mass is 300 g/mol. The summed E-state index contributed by atoms with van der Waals surface area (Å²) in [6.07, 6.45) is 3.51. The Balaban J connectivity index is 1.73. The van der Waals surface area contributed by atoms with Crippen LogP contribution in [0.3, 0.4) is 0 Å². The van der Waals surface area contributed by atoms with Gasteiger partial charge in [0, 0.05) is 19.0 Å². The Morgan fingerprint density at radius 3 is 3.00 bits per heavy atom. The van der Waals surface area contributed by atoms with Gasteiger partial charge in [0.2, 0.25) is 5.91 Å². The summed E-state index contributed by atoms with van der Waals surface area (Å²) in [4.78, 5) is 11.7. The highest BCUT2D eigenvalue weighted by atomic mass is 35.5. The van der Waals surface area contributed by atoms with Gasteiger partial charge in [0.15, 0.2) is 0 Å². The molecule has 1 aromatic rings. The molecular weight excluding hydrogens is 283 g/mol. The zero-order valence-electron chi connectivity index (χ0n) is 10.7. The lowest BCUT2D eigenvalue weighted by atomic mass is 10.1. The summed E-state index contributed by atoms with van der Waals surface area (Å²) in [5.74, 6) is 0.0950. The number of nitrogens with one attached hydrogen (secondary N) is 2. The molecule has 1 heterocycles. The van der Waals surface area contributed by atoms with Crippen molar-refractivity contribution in [3.8, 4) is 0 Å². The highest BCUT2D eigenvalue weighted by Gasteiger charge is 2.17. The summed E-state index contributed by atoms with van der Waals surface area (Å²) >= 11 is 12.0. The Morgan fingerprint density at radius 1 is 1.42 bits per heavy atom. The average molecular weight is 301 g/mol. The lowest BCUT2D eigenvalue weighted by Gasteiger charge is -2.11. The van der Waals surface area contributed by atoms with E-state index in [1.165, 1.54) is 0 Å².